The van der Waals surface area contributed by atoms with Crippen LogP contribution < -0.4 is 0 Å². The smallest absolute Gasteiger partial charge is 0.176 e. The Balaban J connectivity index is 2.61. The first-order valence-corrected chi connectivity index (χ1v) is 7.05. The van der Waals surface area contributed by atoms with Crippen molar-refractivity contribution in [2.45, 2.75) is 40.0 Å². The number of benzene rings is 1. The van der Waals surface area contributed by atoms with Crippen LogP contribution in [0.15, 0.2) is 24.3 Å². The van der Waals surface area contributed by atoms with Gasteiger partial charge in [-0.2, -0.15) is 0 Å². The topological polar surface area (TPSA) is 20.3 Å². The average molecular weight is 247 g/mol. The van der Waals surface area contributed by atoms with Gasteiger partial charge in [-0.25, -0.2) is 0 Å². The molecule has 0 amide bonds. The molecule has 2 heteroatoms. The molecule has 18 heavy (non-hydrogen) atoms. The van der Waals surface area contributed by atoms with Crippen LogP contribution in [0.2, 0.25) is 0 Å². The van der Waals surface area contributed by atoms with E-state index < -0.39 is 0 Å². The van der Waals surface area contributed by atoms with Crippen LogP contribution in [0, 0.1) is 0 Å². The Morgan fingerprint density at radius 2 is 1.56 bits per heavy atom. The Labute approximate surface area is 111 Å². The second-order valence-corrected chi connectivity index (χ2v) is 4.75. The van der Waals surface area contributed by atoms with Gasteiger partial charge in [-0.1, -0.05) is 45.0 Å². The van der Waals surface area contributed by atoms with E-state index in [4.69, 9.17) is 0 Å². The van der Waals surface area contributed by atoms with E-state index in [9.17, 15) is 4.79 Å². The largest absolute Gasteiger partial charge is 0.296 e. The molecule has 2 nitrogen and oxygen atoms in total. The van der Waals surface area contributed by atoms with Gasteiger partial charge >= 0.3 is 0 Å². The molecule has 0 radical (unpaired) electrons. The van der Waals surface area contributed by atoms with Gasteiger partial charge in [-0.3, -0.25) is 9.69 Å². The summed E-state index contributed by atoms with van der Waals surface area (Å²) in [6.07, 6.45) is 3.22. The third-order valence-electron chi connectivity index (χ3n) is 3.13. The van der Waals surface area contributed by atoms with Crippen LogP contribution in [-0.2, 0) is 6.42 Å². The van der Waals surface area contributed by atoms with Crippen molar-refractivity contribution in [1.82, 2.24) is 4.90 Å². The van der Waals surface area contributed by atoms with E-state index in [1.165, 1.54) is 5.56 Å². The van der Waals surface area contributed by atoms with Crippen molar-refractivity contribution in [2.75, 3.05) is 19.6 Å². The summed E-state index contributed by atoms with van der Waals surface area (Å²) in [5.74, 6) is 0.236. The van der Waals surface area contributed by atoms with Crippen LogP contribution in [0.25, 0.3) is 0 Å². The van der Waals surface area contributed by atoms with E-state index in [2.05, 4.69) is 37.8 Å². The first-order valence-electron chi connectivity index (χ1n) is 7.05. The van der Waals surface area contributed by atoms with Crippen molar-refractivity contribution < 1.29 is 4.79 Å². The molecule has 0 N–H and O–H groups in total. The minimum absolute atomic E-state index is 0.236. The molecule has 0 aromatic heterocycles. The molecule has 0 aliphatic rings. The number of carbonyl (C=O) groups is 1. The van der Waals surface area contributed by atoms with Crippen molar-refractivity contribution in [3.8, 4) is 0 Å². The molecule has 0 heterocycles. The SMILES string of the molecule is CCCN(CCC)CC(=O)c1ccc(CC)cc1. The number of hydrogen-bond acceptors (Lipinski definition) is 2. The molecule has 100 valence electrons. The zero-order chi connectivity index (χ0) is 13.4. The molecule has 1 aromatic carbocycles. The van der Waals surface area contributed by atoms with Gasteiger partial charge in [0, 0.05) is 5.56 Å². The van der Waals surface area contributed by atoms with Crippen LogP contribution in [0.3, 0.4) is 0 Å². The number of ketones is 1. The summed E-state index contributed by atoms with van der Waals surface area (Å²) in [5, 5.41) is 0. The van der Waals surface area contributed by atoms with Crippen molar-refractivity contribution in [3.05, 3.63) is 35.4 Å². The van der Waals surface area contributed by atoms with Crippen LogP contribution in [0.5, 0.6) is 0 Å². The summed E-state index contributed by atoms with van der Waals surface area (Å²) in [4.78, 5) is 14.4. The van der Waals surface area contributed by atoms with E-state index in [0.717, 1.165) is 37.9 Å². The average Bonchev–Trinajstić information content (AvgIpc) is 2.39. The molecule has 0 aliphatic carbocycles. The first kappa shape index (κ1) is 14.9. The lowest BCUT2D eigenvalue weighted by molar-refractivity contribution is 0.0930. The van der Waals surface area contributed by atoms with Crippen LogP contribution >= 0.6 is 0 Å². The number of rotatable bonds is 8. The summed E-state index contributed by atoms with van der Waals surface area (Å²) in [7, 11) is 0. The van der Waals surface area contributed by atoms with Crippen molar-refractivity contribution >= 4 is 5.78 Å². The van der Waals surface area contributed by atoms with Gasteiger partial charge in [0.25, 0.3) is 0 Å². The first-order chi connectivity index (χ1) is 8.71. The van der Waals surface area contributed by atoms with Crippen molar-refractivity contribution in [1.29, 1.82) is 0 Å². The summed E-state index contributed by atoms with van der Waals surface area (Å²) in [6, 6.07) is 8.02. The predicted molar refractivity (Wildman–Crippen MR) is 77.2 cm³/mol. The number of nitrogens with zero attached hydrogens (tertiary/aromatic N) is 1. The maximum atomic E-state index is 12.2. The van der Waals surface area contributed by atoms with Crippen LogP contribution in [0.1, 0.15) is 49.5 Å². The fourth-order valence-corrected chi connectivity index (χ4v) is 2.12. The highest BCUT2D eigenvalue weighted by Crippen LogP contribution is 2.07. The lowest BCUT2D eigenvalue weighted by atomic mass is 10.1. The molecule has 0 atom stereocenters. The van der Waals surface area contributed by atoms with Crippen LogP contribution in [-0.4, -0.2) is 30.3 Å². The third kappa shape index (κ3) is 4.61. The fourth-order valence-electron chi connectivity index (χ4n) is 2.12. The maximum Gasteiger partial charge on any atom is 0.176 e. The van der Waals surface area contributed by atoms with Crippen molar-refractivity contribution in [3.63, 3.8) is 0 Å². The predicted octanol–water partition coefficient (Wildman–Crippen LogP) is 3.55. The summed E-state index contributed by atoms with van der Waals surface area (Å²) in [6.45, 7) is 9.00. The number of aryl methyl sites for hydroxylation is 1. The minimum Gasteiger partial charge on any atom is -0.296 e. The molecule has 1 aromatic rings. The monoisotopic (exact) mass is 247 g/mol. The highest BCUT2D eigenvalue weighted by Gasteiger charge is 2.11. The quantitative estimate of drug-likeness (QED) is 0.655. The van der Waals surface area contributed by atoms with E-state index in [-0.39, 0.29) is 5.78 Å². The van der Waals surface area contributed by atoms with Gasteiger partial charge in [-0.05, 0) is 37.9 Å². The second-order valence-electron chi connectivity index (χ2n) is 4.75. The Bertz CT molecular complexity index is 350. The minimum atomic E-state index is 0.236. The molecule has 0 aliphatic heterocycles. The molecule has 0 bridgehead atoms. The van der Waals surface area contributed by atoms with Gasteiger partial charge < -0.3 is 0 Å². The second kappa shape index (κ2) is 8.04. The van der Waals surface area contributed by atoms with Gasteiger partial charge in [-0.15, -0.1) is 0 Å². The fraction of sp³-hybridized carbons (Fsp3) is 0.562. The third-order valence-corrected chi connectivity index (χ3v) is 3.13. The summed E-state index contributed by atoms with van der Waals surface area (Å²) in [5.41, 5.74) is 2.12. The Kier molecular flexibility index (Phi) is 6.66. The molecule has 0 unspecified atom stereocenters. The molecular weight excluding hydrogens is 222 g/mol. The Morgan fingerprint density at radius 1 is 1.00 bits per heavy atom. The van der Waals surface area contributed by atoms with Gasteiger partial charge in [0.15, 0.2) is 5.78 Å². The molecule has 0 saturated carbocycles. The molecule has 0 saturated heterocycles. The van der Waals surface area contributed by atoms with Gasteiger partial charge in [0.05, 0.1) is 6.54 Å². The Morgan fingerprint density at radius 3 is 2.00 bits per heavy atom. The normalized spacial score (nSPS) is 10.9. The number of Topliss-reactive ketones (excluding diaryl/α,β-unsaturated/α-hetero) is 1. The lowest BCUT2D eigenvalue weighted by Crippen LogP contribution is -2.31. The highest BCUT2D eigenvalue weighted by atomic mass is 16.1. The van der Waals surface area contributed by atoms with E-state index in [1.54, 1.807) is 0 Å². The Hall–Kier alpha value is -1.15. The summed E-state index contributed by atoms with van der Waals surface area (Å²) < 4.78 is 0. The van der Waals surface area contributed by atoms with Gasteiger partial charge in [0.1, 0.15) is 0 Å². The zero-order valence-electron chi connectivity index (χ0n) is 11.9. The molecular formula is C16H25NO. The molecule has 0 fully saturated rings. The summed E-state index contributed by atoms with van der Waals surface area (Å²) >= 11 is 0. The molecule has 0 spiro atoms. The number of hydrogen-bond donors (Lipinski definition) is 0. The highest BCUT2D eigenvalue weighted by molar-refractivity contribution is 5.97. The standard InChI is InChI=1S/C16H25NO/c1-4-11-17(12-5-2)13-16(18)15-9-7-14(6-3)8-10-15/h7-10H,4-6,11-13H2,1-3H3. The lowest BCUT2D eigenvalue weighted by Gasteiger charge is -2.19. The zero-order valence-corrected chi connectivity index (χ0v) is 11.9. The van der Waals surface area contributed by atoms with E-state index in [1.807, 2.05) is 12.1 Å². The molecule has 1 rings (SSSR count). The number of carbonyl (C=O) groups excluding carboxylic acids is 1. The van der Waals surface area contributed by atoms with Crippen LogP contribution in [0.4, 0.5) is 0 Å². The van der Waals surface area contributed by atoms with E-state index >= 15 is 0 Å². The van der Waals surface area contributed by atoms with Crippen molar-refractivity contribution in [2.24, 2.45) is 0 Å². The maximum absolute atomic E-state index is 12.2. The van der Waals surface area contributed by atoms with Gasteiger partial charge in [0.2, 0.25) is 0 Å². The van der Waals surface area contributed by atoms with E-state index in [0.29, 0.717) is 6.54 Å².